The van der Waals surface area contributed by atoms with E-state index >= 15 is 0 Å². The van der Waals surface area contributed by atoms with Crippen molar-refractivity contribution >= 4 is 0 Å². The fourth-order valence-corrected chi connectivity index (χ4v) is 5.46. The molecule has 0 saturated heterocycles. The summed E-state index contributed by atoms with van der Waals surface area (Å²) in [5.74, 6) is 10.7. The number of rotatable bonds is 28. The third-order valence-electron chi connectivity index (χ3n) is 7.99. The predicted molar refractivity (Wildman–Crippen MR) is 191 cm³/mol. The average molecular weight is 689 g/mol. The lowest BCUT2D eigenvalue weighted by Crippen LogP contribution is -2.08. The molecule has 10 nitrogen and oxygen atoms in total. The van der Waals surface area contributed by atoms with E-state index in [1.54, 1.807) is 48.7 Å². The molecule has 0 aliphatic heterocycles. The largest absolute Gasteiger partial charge is 0.493 e. The van der Waals surface area contributed by atoms with Gasteiger partial charge in [0.25, 0.3) is 0 Å². The number of hydrogen-bond acceptors (Lipinski definition) is 10. The van der Waals surface area contributed by atoms with Crippen LogP contribution in [-0.2, 0) is 31.8 Å². The lowest BCUT2D eigenvalue weighted by atomic mass is 10.0. The third kappa shape index (κ3) is 15.8. The van der Waals surface area contributed by atoms with Gasteiger partial charge in [0.05, 0.1) is 14.2 Å². The van der Waals surface area contributed by atoms with Gasteiger partial charge in [-0.3, -0.25) is 0 Å². The Labute approximate surface area is 294 Å². The van der Waals surface area contributed by atoms with Crippen LogP contribution in [0.5, 0.6) is 34.5 Å². The van der Waals surface area contributed by atoms with Gasteiger partial charge < -0.3 is 47.4 Å². The van der Waals surface area contributed by atoms with E-state index in [2.05, 4.69) is 24.0 Å². The summed E-state index contributed by atoms with van der Waals surface area (Å²) in [7, 11) is 9.65. The van der Waals surface area contributed by atoms with Gasteiger partial charge in [-0.2, -0.15) is 0 Å². The topological polar surface area (TPSA) is 92.3 Å². The molecule has 0 aliphatic carbocycles. The van der Waals surface area contributed by atoms with Crippen molar-refractivity contribution in [2.24, 2.45) is 0 Å². The molecule has 0 fully saturated rings. The Bertz CT molecular complexity index is 1210. The molecule has 2 rings (SSSR count). The Morgan fingerprint density at radius 2 is 0.918 bits per heavy atom. The van der Waals surface area contributed by atoms with E-state index in [-0.39, 0.29) is 27.2 Å². The smallest absolute Gasteiger partial charge is 0.188 e. The maximum absolute atomic E-state index is 5.89. The zero-order valence-electron chi connectivity index (χ0n) is 31.0. The van der Waals surface area contributed by atoms with Crippen molar-refractivity contribution in [3.05, 3.63) is 34.9 Å². The lowest BCUT2D eigenvalue weighted by Gasteiger charge is -2.20. The maximum Gasteiger partial charge on any atom is 0.188 e. The van der Waals surface area contributed by atoms with Crippen molar-refractivity contribution in [2.75, 3.05) is 69.8 Å². The van der Waals surface area contributed by atoms with E-state index in [1.165, 1.54) is 31.2 Å². The van der Waals surface area contributed by atoms with Crippen LogP contribution in [0.15, 0.2) is 18.2 Å². The van der Waals surface area contributed by atoms with E-state index in [0.29, 0.717) is 23.0 Å². The van der Waals surface area contributed by atoms with E-state index in [9.17, 15) is 0 Å². The molecule has 0 aliphatic rings. The van der Waals surface area contributed by atoms with Gasteiger partial charge in [-0.1, -0.05) is 38.5 Å². The average Bonchev–Trinajstić information content (AvgIpc) is 3.12. The molecule has 0 N–H and O–H groups in total. The van der Waals surface area contributed by atoms with Crippen LogP contribution < -0.4 is 28.4 Å². The van der Waals surface area contributed by atoms with Crippen LogP contribution in [0.4, 0.5) is 0 Å². The van der Waals surface area contributed by atoms with E-state index in [0.717, 1.165) is 86.8 Å². The molecule has 0 saturated carbocycles. The highest BCUT2D eigenvalue weighted by Gasteiger charge is 2.22. The van der Waals surface area contributed by atoms with Crippen molar-refractivity contribution in [1.82, 2.24) is 0 Å². The number of benzene rings is 2. The Hall–Kier alpha value is -3.36. The first kappa shape index (κ1) is 41.8. The first-order valence-corrected chi connectivity index (χ1v) is 17.4. The van der Waals surface area contributed by atoms with Crippen LogP contribution in [0.25, 0.3) is 0 Å². The molecule has 0 bridgehead atoms. The molecule has 0 amide bonds. The predicted octanol–water partition coefficient (Wildman–Crippen LogP) is 8.41. The normalized spacial score (nSPS) is 10.8. The molecule has 49 heavy (non-hydrogen) atoms. The number of ether oxygens (including phenoxy) is 10. The molecule has 10 heteroatoms. The molecule has 0 aromatic heterocycles. The molecule has 0 heterocycles. The highest BCUT2D eigenvalue weighted by atomic mass is 16.7. The highest BCUT2D eigenvalue weighted by molar-refractivity contribution is 5.61. The summed E-state index contributed by atoms with van der Waals surface area (Å²) in [6.07, 6.45) is 15.1. The molecule has 0 radical (unpaired) electrons. The molecule has 0 unspecified atom stereocenters. The molecular weight excluding hydrogens is 628 g/mol. The second-order valence-corrected chi connectivity index (χ2v) is 11.7. The quantitative estimate of drug-likeness (QED) is 0.0493. The van der Waals surface area contributed by atoms with E-state index < -0.39 is 0 Å². The number of hydrogen-bond donors (Lipinski definition) is 0. The van der Waals surface area contributed by atoms with Crippen molar-refractivity contribution in [3.63, 3.8) is 0 Å². The van der Waals surface area contributed by atoms with Crippen LogP contribution in [0.2, 0.25) is 0 Å². The summed E-state index contributed by atoms with van der Waals surface area (Å²) in [5.41, 5.74) is 3.07. The Morgan fingerprint density at radius 1 is 0.449 bits per heavy atom. The van der Waals surface area contributed by atoms with Gasteiger partial charge in [-0.25, -0.2) is 0 Å². The zero-order chi connectivity index (χ0) is 35.5. The van der Waals surface area contributed by atoms with Gasteiger partial charge in [0.15, 0.2) is 50.2 Å². The Kier molecular flexibility index (Phi) is 22.6. The Morgan fingerprint density at radius 3 is 1.43 bits per heavy atom. The summed E-state index contributed by atoms with van der Waals surface area (Å²) in [4.78, 5) is 0. The SMILES string of the molecule is COCOc1cc(CCCCCCCC#CCCCCCCCc2c(OC)c(OCOC)cc(OC)c2OCOC)cc(OCOC)c1C. The van der Waals surface area contributed by atoms with Crippen LogP contribution in [0.3, 0.4) is 0 Å². The third-order valence-corrected chi connectivity index (χ3v) is 7.99. The van der Waals surface area contributed by atoms with Gasteiger partial charge in [0, 0.05) is 58.5 Å². The second kappa shape index (κ2) is 26.5. The fraction of sp³-hybridized carbons (Fsp3) is 0.641. The van der Waals surface area contributed by atoms with Gasteiger partial charge in [0.1, 0.15) is 11.5 Å². The molecule has 0 spiro atoms. The summed E-state index contributed by atoms with van der Waals surface area (Å²) in [5, 5.41) is 0. The van der Waals surface area contributed by atoms with Crippen LogP contribution in [-0.4, -0.2) is 69.8 Å². The molecule has 2 aromatic carbocycles. The molecule has 0 atom stereocenters. The van der Waals surface area contributed by atoms with Crippen LogP contribution >= 0.6 is 0 Å². The lowest BCUT2D eigenvalue weighted by molar-refractivity contribution is 0.0444. The number of unbranched alkanes of at least 4 members (excludes halogenated alkanes) is 10. The first-order chi connectivity index (χ1) is 24.0. The number of aryl methyl sites for hydroxylation is 1. The van der Waals surface area contributed by atoms with Gasteiger partial charge in [-0.05, 0) is 63.1 Å². The van der Waals surface area contributed by atoms with Gasteiger partial charge in [0.2, 0.25) is 0 Å². The molecule has 276 valence electrons. The zero-order valence-corrected chi connectivity index (χ0v) is 31.0. The fourth-order valence-electron chi connectivity index (χ4n) is 5.46. The van der Waals surface area contributed by atoms with Gasteiger partial charge in [-0.15, -0.1) is 11.8 Å². The number of methoxy groups -OCH3 is 6. The van der Waals surface area contributed by atoms with E-state index in [4.69, 9.17) is 47.4 Å². The van der Waals surface area contributed by atoms with E-state index in [1.807, 2.05) is 6.92 Å². The van der Waals surface area contributed by atoms with Crippen molar-refractivity contribution in [1.29, 1.82) is 0 Å². The van der Waals surface area contributed by atoms with Gasteiger partial charge >= 0.3 is 0 Å². The van der Waals surface area contributed by atoms with Crippen molar-refractivity contribution in [3.8, 4) is 46.3 Å². The maximum atomic E-state index is 5.89. The van der Waals surface area contributed by atoms with Crippen molar-refractivity contribution < 1.29 is 47.4 Å². The molecule has 2 aromatic rings. The second-order valence-electron chi connectivity index (χ2n) is 11.7. The van der Waals surface area contributed by atoms with Crippen LogP contribution in [0, 0.1) is 18.8 Å². The minimum Gasteiger partial charge on any atom is -0.493 e. The van der Waals surface area contributed by atoms with Crippen LogP contribution in [0.1, 0.15) is 93.7 Å². The minimum atomic E-state index is 0.108. The summed E-state index contributed by atoms with van der Waals surface area (Å²) in [6, 6.07) is 5.94. The molecular formula is C39H60O10. The standard InChI is InChI=1S/C39H60O10/c1-31-34(46-27-40-2)24-32(25-35(31)47-28-41-3)22-20-18-16-14-12-10-8-9-11-13-15-17-19-21-23-33-38(45-7)37(48-29-42-4)26-36(44-6)39(33)49-30-43-5/h24-26H,10-23,27-30H2,1-7H3. The summed E-state index contributed by atoms with van der Waals surface area (Å²) < 4.78 is 54.9. The minimum absolute atomic E-state index is 0.108. The Balaban J connectivity index is 1.64. The van der Waals surface area contributed by atoms with Crippen molar-refractivity contribution in [2.45, 2.75) is 96.8 Å². The summed E-state index contributed by atoms with van der Waals surface area (Å²) in [6.45, 7) is 2.62. The summed E-state index contributed by atoms with van der Waals surface area (Å²) >= 11 is 0. The monoisotopic (exact) mass is 688 g/mol. The first-order valence-electron chi connectivity index (χ1n) is 17.4. The highest BCUT2D eigenvalue weighted by Crippen LogP contribution is 2.45.